The summed E-state index contributed by atoms with van der Waals surface area (Å²) in [6.07, 6.45) is 1.53. The average Bonchev–Trinajstić information content (AvgIpc) is 2.17. The molecule has 6 nitrogen and oxygen atoms in total. The zero-order chi connectivity index (χ0) is 11.3. The first kappa shape index (κ1) is 11.0. The normalized spacial score (nSPS) is 9.20. The number of amides is 3. The Morgan fingerprint density at radius 1 is 1.47 bits per heavy atom. The van der Waals surface area contributed by atoms with Crippen LogP contribution in [0.5, 0.6) is 5.88 Å². The maximum atomic E-state index is 11.2. The molecule has 2 N–H and O–H groups in total. The van der Waals surface area contributed by atoms with Gasteiger partial charge in [0.2, 0.25) is 11.8 Å². The quantitative estimate of drug-likeness (QED) is 0.753. The second-order valence-corrected chi connectivity index (χ2v) is 2.70. The maximum absolute atomic E-state index is 11.2. The lowest BCUT2D eigenvalue weighted by Gasteiger charge is -2.07. The molecule has 0 saturated carbocycles. The summed E-state index contributed by atoms with van der Waals surface area (Å²) < 4.78 is 4.91. The van der Waals surface area contributed by atoms with Crippen LogP contribution in [-0.2, 0) is 4.79 Å². The molecule has 6 heteroatoms. The highest BCUT2D eigenvalue weighted by Gasteiger charge is 2.08. The summed E-state index contributed by atoms with van der Waals surface area (Å²) in [5.74, 6) is -0.147. The zero-order valence-corrected chi connectivity index (χ0v) is 8.40. The molecule has 3 amide bonds. The van der Waals surface area contributed by atoms with Crippen LogP contribution in [-0.4, -0.2) is 24.0 Å². The van der Waals surface area contributed by atoms with E-state index in [0.717, 1.165) is 0 Å². The minimum Gasteiger partial charge on any atom is -0.480 e. The number of methoxy groups -OCH3 is 1. The summed E-state index contributed by atoms with van der Waals surface area (Å²) in [4.78, 5) is 25.6. The van der Waals surface area contributed by atoms with E-state index in [1.807, 2.05) is 0 Å². The molecule has 0 unspecified atom stereocenters. The Labute approximate surface area is 86.6 Å². The van der Waals surface area contributed by atoms with Crippen LogP contribution in [0.1, 0.15) is 6.92 Å². The summed E-state index contributed by atoms with van der Waals surface area (Å²) in [5, 5.41) is 4.50. The molecule has 1 heterocycles. The van der Waals surface area contributed by atoms with E-state index in [4.69, 9.17) is 4.74 Å². The van der Waals surface area contributed by atoms with Gasteiger partial charge in [-0.25, -0.2) is 9.78 Å². The fourth-order valence-corrected chi connectivity index (χ4v) is 0.962. The molecule has 0 aliphatic carbocycles. The monoisotopic (exact) mass is 209 g/mol. The molecule has 0 radical (unpaired) electrons. The SMILES string of the molecule is COc1ncccc1NC(=O)NC(C)=O. The van der Waals surface area contributed by atoms with Gasteiger partial charge in [0.05, 0.1) is 7.11 Å². The molecule has 0 atom stereocenters. The lowest BCUT2D eigenvalue weighted by atomic mass is 10.4. The largest absolute Gasteiger partial charge is 0.480 e. The predicted molar refractivity (Wildman–Crippen MR) is 53.6 cm³/mol. The van der Waals surface area contributed by atoms with Crippen LogP contribution >= 0.6 is 0 Å². The number of urea groups is 1. The molecule has 1 aromatic rings. The number of hydrogen-bond donors (Lipinski definition) is 2. The fraction of sp³-hybridized carbons (Fsp3) is 0.222. The van der Waals surface area contributed by atoms with E-state index in [-0.39, 0.29) is 5.88 Å². The zero-order valence-electron chi connectivity index (χ0n) is 8.40. The lowest BCUT2D eigenvalue weighted by molar-refractivity contribution is -0.117. The first-order valence-corrected chi connectivity index (χ1v) is 4.21. The minimum atomic E-state index is -0.617. The number of hydrogen-bond acceptors (Lipinski definition) is 4. The molecule has 80 valence electrons. The Hall–Kier alpha value is -2.11. The topological polar surface area (TPSA) is 80.3 Å². The third kappa shape index (κ3) is 3.26. The van der Waals surface area contributed by atoms with Crippen LogP contribution in [0.2, 0.25) is 0 Å². The molecule has 0 fully saturated rings. The number of carbonyl (C=O) groups is 2. The van der Waals surface area contributed by atoms with Crippen LogP contribution in [0.3, 0.4) is 0 Å². The van der Waals surface area contributed by atoms with Gasteiger partial charge in [-0.05, 0) is 12.1 Å². The minimum absolute atomic E-state index is 0.288. The van der Waals surface area contributed by atoms with Crippen LogP contribution in [0.15, 0.2) is 18.3 Å². The number of carbonyl (C=O) groups excluding carboxylic acids is 2. The Morgan fingerprint density at radius 2 is 2.20 bits per heavy atom. The van der Waals surface area contributed by atoms with Crippen molar-refractivity contribution in [2.24, 2.45) is 0 Å². The van der Waals surface area contributed by atoms with Gasteiger partial charge in [-0.2, -0.15) is 0 Å². The maximum Gasteiger partial charge on any atom is 0.326 e. The molecule has 0 spiro atoms. The molecular formula is C9H11N3O3. The van der Waals surface area contributed by atoms with Crippen molar-refractivity contribution in [3.63, 3.8) is 0 Å². The van der Waals surface area contributed by atoms with E-state index in [1.54, 1.807) is 12.1 Å². The molecule has 0 aliphatic heterocycles. The van der Waals surface area contributed by atoms with E-state index in [0.29, 0.717) is 5.69 Å². The van der Waals surface area contributed by atoms with Crippen LogP contribution < -0.4 is 15.4 Å². The molecule has 15 heavy (non-hydrogen) atoms. The Balaban J connectivity index is 2.71. The van der Waals surface area contributed by atoms with Crippen molar-refractivity contribution in [3.8, 4) is 5.88 Å². The number of rotatable bonds is 2. The highest BCUT2D eigenvalue weighted by Crippen LogP contribution is 2.19. The van der Waals surface area contributed by atoms with Gasteiger partial charge in [0.1, 0.15) is 5.69 Å². The smallest absolute Gasteiger partial charge is 0.326 e. The molecule has 0 bridgehead atoms. The van der Waals surface area contributed by atoms with Crippen LogP contribution in [0, 0.1) is 0 Å². The van der Waals surface area contributed by atoms with Gasteiger partial charge in [-0.15, -0.1) is 0 Å². The standard InChI is InChI=1S/C9H11N3O3/c1-6(13)11-9(14)12-7-4-3-5-10-8(7)15-2/h3-5H,1-2H3,(H2,11,12,13,14). The summed E-state index contributed by atoms with van der Waals surface area (Å²) >= 11 is 0. The van der Waals surface area contributed by atoms with Gasteiger partial charge in [0.25, 0.3) is 0 Å². The van der Waals surface area contributed by atoms with Crippen molar-refractivity contribution in [1.82, 2.24) is 10.3 Å². The molecule has 1 rings (SSSR count). The van der Waals surface area contributed by atoms with Gasteiger partial charge >= 0.3 is 6.03 Å². The van der Waals surface area contributed by atoms with E-state index in [1.165, 1.54) is 20.2 Å². The molecular weight excluding hydrogens is 198 g/mol. The third-order valence-electron chi connectivity index (χ3n) is 1.50. The second-order valence-electron chi connectivity index (χ2n) is 2.70. The Bertz CT molecular complexity index is 379. The van der Waals surface area contributed by atoms with Crippen LogP contribution in [0.25, 0.3) is 0 Å². The number of ether oxygens (including phenoxy) is 1. The number of nitrogens with zero attached hydrogens (tertiary/aromatic N) is 1. The van der Waals surface area contributed by atoms with Crippen molar-refractivity contribution in [2.75, 3.05) is 12.4 Å². The molecule has 0 aromatic carbocycles. The summed E-state index contributed by atoms with van der Waals surface area (Å²) in [5.41, 5.74) is 0.402. The highest BCUT2D eigenvalue weighted by molar-refractivity contribution is 6.00. The fourth-order valence-electron chi connectivity index (χ4n) is 0.962. The van der Waals surface area contributed by atoms with Gasteiger partial charge in [0, 0.05) is 13.1 Å². The first-order chi connectivity index (χ1) is 7.13. The van der Waals surface area contributed by atoms with Crippen molar-refractivity contribution in [3.05, 3.63) is 18.3 Å². The van der Waals surface area contributed by atoms with Gasteiger partial charge in [-0.3, -0.25) is 10.1 Å². The second kappa shape index (κ2) is 4.94. The number of nitrogens with one attached hydrogen (secondary N) is 2. The number of aromatic nitrogens is 1. The molecule has 0 saturated heterocycles. The number of pyridine rings is 1. The predicted octanol–water partition coefficient (Wildman–Crippen LogP) is 0.758. The van der Waals surface area contributed by atoms with E-state index in [9.17, 15) is 9.59 Å². The summed E-state index contributed by atoms with van der Waals surface area (Å²) in [7, 11) is 1.44. The number of anilines is 1. The highest BCUT2D eigenvalue weighted by atomic mass is 16.5. The van der Waals surface area contributed by atoms with E-state index < -0.39 is 11.9 Å². The van der Waals surface area contributed by atoms with Crippen molar-refractivity contribution >= 4 is 17.6 Å². The summed E-state index contributed by atoms with van der Waals surface area (Å²) in [6.45, 7) is 1.25. The molecule has 0 aliphatic rings. The number of imide groups is 1. The lowest BCUT2D eigenvalue weighted by Crippen LogP contribution is -2.32. The van der Waals surface area contributed by atoms with E-state index >= 15 is 0 Å². The first-order valence-electron chi connectivity index (χ1n) is 4.21. The Kier molecular flexibility index (Phi) is 3.61. The van der Waals surface area contributed by atoms with Crippen molar-refractivity contribution in [2.45, 2.75) is 6.92 Å². The van der Waals surface area contributed by atoms with Gasteiger partial charge in [-0.1, -0.05) is 0 Å². The van der Waals surface area contributed by atoms with E-state index in [2.05, 4.69) is 15.6 Å². The van der Waals surface area contributed by atoms with Gasteiger partial charge < -0.3 is 10.1 Å². The van der Waals surface area contributed by atoms with Gasteiger partial charge in [0.15, 0.2) is 0 Å². The Morgan fingerprint density at radius 3 is 2.80 bits per heavy atom. The average molecular weight is 209 g/mol. The van der Waals surface area contributed by atoms with Crippen molar-refractivity contribution < 1.29 is 14.3 Å². The van der Waals surface area contributed by atoms with Crippen LogP contribution in [0.4, 0.5) is 10.5 Å². The third-order valence-corrected chi connectivity index (χ3v) is 1.50. The summed E-state index contributed by atoms with van der Waals surface area (Å²) in [6, 6.07) is 2.64. The molecule has 1 aromatic heterocycles. The van der Waals surface area contributed by atoms with Crippen molar-refractivity contribution in [1.29, 1.82) is 0 Å².